The molecule has 0 fully saturated rings. The van der Waals surface area contributed by atoms with Crippen molar-refractivity contribution < 1.29 is 14.6 Å². The van der Waals surface area contributed by atoms with Gasteiger partial charge in [0.15, 0.2) is 11.5 Å². The third kappa shape index (κ3) is 3.37. The summed E-state index contributed by atoms with van der Waals surface area (Å²) in [7, 11) is 1.64. The lowest BCUT2D eigenvalue weighted by Gasteiger charge is -2.23. The van der Waals surface area contributed by atoms with Crippen molar-refractivity contribution >= 4 is 0 Å². The van der Waals surface area contributed by atoms with Crippen LogP contribution in [0.25, 0.3) is 0 Å². The van der Waals surface area contributed by atoms with Gasteiger partial charge in [-0.15, -0.1) is 0 Å². The second kappa shape index (κ2) is 5.41. The lowest BCUT2D eigenvalue weighted by atomic mass is 9.96. The van der Waals surface area contributed by atoms with Crippen LogP contribution in [0.5, 0.6) is 11.5 Å². The summed E-state index contributed by atoms with van der Waals surface area (Å²) >= 11 is 0. The van der Waals surface area contributed by atoms with E-state index in [9.17, 15) is 5.11 Å². The average Bonchev–Trinajstić information content (AvgIpc) is 2.31. The van der Waals surface area contributed by atoms with Gasteiger partial charge in [0, 0.05) is 5.41 Å². The summed E-state index contributed by atoms with van der Waals surface area (Å²) in [6.07, 6.45) is 0. The molecule has 96 valence electrons. The normalized spacial score (nSPS) is 11.4. The zero-order valence-corrected chi connectivity index (χ0v) is 11.3. The van der Waals surface area contributed by atoms with Crippen LogP contribution in [-0.4, -0.2) is 25.4 Å². The molecule has 0 aliphatic carbocycles. The second-order valence-corrected chi connectivity index (χ2v) is 5.15. The summed E-state index contributed by atoms with van der Waals surface area (Å²) in [4.78, 5) is 0. The summed E-state index contributed by atoms with van der Waals surface area (Å²) in [6.45, 7) is 8.53. The molecule has 17 heavy (non-hydrogen) atoms. The number of aliphatic hydroxyl groups is 1. The molecule has 0 aliphatic rings. The van der Waals surface area contributed by atoms with Gasteiger partial charge in [0.05, 0.1) is 20.3 Å². The lowest BCUT2D eigenvalue weighted by molar-refractivity contribution is 0.0958. The molecule has 0 saturated heterocycles. The number of hydrogen-bond acceptors (Lipinski definition) is 3. The monoisotopic (exact) mass is 238 g/mol. The molecular weight excluding hydrogens is 216 g/mol. The fraction of sp³-hybridized carbons (Fsp3) is 0.571. The molecule has 0 amide bonds. The molecule has 0 unspecified atom stereocenters. The van der Waals surface area contributed by atoms with Gasteiger partial charge in [0.1, 0.15) is 0 Å². The topological polar surface area (TPSA) is 38.7 Å². The minimum atomic E-state index is -0.246. The van der Waals surface area contributed by atoms with Crippen LogP contribution in [0.2, 0.25) is 0 Å². The zero-order chi connectivity index (χ0) is 13.1. The Balaban J connectivity index is 2.88. The number of rotatable bonds is 5. The van der Waals surface area contributed by atoms with Gasteiger partial charge in [0.25, 0.3) is 0 Å². The van der Waals surface area contributed by atoms with Crippen molar-refractivity contribution in [3.8, 4) is 11.5 Å². The predicted molar refractivity (Wildman–Crippen MR) is 68.8 cm³/mol. The Morgan fingerprint density at radius 3 is 2.41 bits per heavy atom. The van der Waals surface area contributed by atoms with Crippen molar-refractivity contribution in [3.05, 3.63) is 23.3 Å². The van der Waals surface area contributed by atoms with Crippen LogP contribution < -0.4 is 9.47 Å². The molecule has 0 bridgehead atoms. The van der Waals surface area contributed by atoms with E-state index in [-0.39, 0.29) is 12.0 Å². The number of aryl methyl sites for hydroxylation is 1. The molecule has 1 N–H and O–H groups in total. The maximum absolute atomic E-state index is 9.19. The van der Waals surface area contributed by atoms with E-state index in [1.165, 1.54) is 5.56 Å². The summed E-state index contributed by atoms with van der Waals surface area (Å²) < 4.78 is 11.1. The fourth-order valence-electron chi connectivity index (χ4n) is 1.45. The molecule has 0 heterocycles. The molecule has 3 heteroatoms. The summed E-state index contributed by atoms with van der Waals surface area (Å²) in [5, 5.41) is 9.19. The zero-order valence-electron chi connectivity index (χ0n) is 11.3. The van der Waals surface area contributed by atoms with E-state index >= 15 is 0 Å². The highest BCUT2D eigenvalue weighted by molar-refractivity contribution is 5.49. The first kappa shape index (κ1) is 13.8. The smallest absolute Gasteiger partial charge is 0.163 e. The van der Waals surface area contributed by atoms with Crippen molar-refractivity contribution in [2.24, 2.45) is 5.41 Å². The van der Waals surface area contributed by atoms with Gasteiger partial charge >= 0.3 is 0 Å². The third-order valence-corrected chi connectivity index (χ3v) is 2.89. The van der Waals surface area contributed by atoms with Crippen LogP contribution in [0.4, 0.5) is 0 Å². The Morgan fingerprint density at radius 1 is 1.24 bits per heavy atom. The quantitative estimate of drug-likeness (QED) is 0.857. The molecule has 1 rings (SSSR count). The summed E-state index contributed by atoms with van der Waals surface area (Å²) in [6, 6.07) is 3.92. The van der Waals surface area contributed by atoms with Crippen LogP contribution in [0, 0.1) is 19.3 Å². The highest BCUT2D eigenvalue weighted by Gasteiger charge is 2.19. The molecule has 1 aromatic carbocycles. The SMILES string of the molecule is COc1c(OCC(C)(C)CO)ccc(C)c1C. The first-order chi connectivity index (χ1) is 7.91. The van der Waals surface area contributed by atoms with Crippen LogP contribution in [0.15, 0.2) is 12.1 Å². The number of hydrogen-bond donors (Lipinski definition) is 1. The lowest BCUT2D eigenvalue weighted by Crippen LogP contribution is -2.25. The number of benzene rings is 1. The van der Waals surface area contributed by atoms with E-state index < -0.39 is 0 Å². The molecule has 0 spiro atoms. The average molecular weight is 238 g/mol. The molecule has 3 nitrogen and oxygen atoms in total. The van der Waals surface area contributed by atoms with Crippen LogP contribution >= 0.6 is 0 Å². The summed E-state index contributed by atoms with van der Waals surface area (Å²) in [5.41, 5.74) is 2.02. The Bertz CT molecular complexity index is 383. The van der Waals surface area contributed by atoms with Gasteiger partial charge in [-0.3, -0.25) is 0 Å². The maximum atomic E-state index is 9.19. The molecule has 0 atom stereocenters. The standard InChI is InChI=1S/C14H22O3/c1-10-6-7-12(13(16-5)11(10)2)17-9-14(3,4)8-15/h6-7,15H,8-9H2,1-5H3. The summed E-state index contributed by atoms with van der Waals surface area (Å²) in [5.74, 6) is 1.51. The molecular formula is C14H22O3. The van der Waals surface area contributed by atoms with E-state index in [0.29, 0.717) is 6.61 Å². The van der Waals surface area contributed by atoms with E-state index in [2.05, 4.69) is 0 Å². The van der Waals surface area contributed by atoms with Crippen LogP contribution in [-0.2, 0) is 0 Å². The van der Waals surface area contributed by atoms with Crippen molar-refractivity contribution in [3.63, 3.8) is 0 Å². The highest BCUT2D eigenvalue weighted by Crippen LogP contribution is 2.33. The van der Waals surface area contributed by atoms with Crippen molar-refractivity contribution in [1.29, 1.82) is 0 Å². The van der Waals surface area contributed by atoms with Gasteiger partial charge in [-0.2, -0.15) is 0 Å². The van der Waals surface area contributed by atoms with E-state index in [1.807, 2.05) is 39.8 Å². The van der Waals surface area contributed by atoms with Gasteiger partial charge in [-0.05, 0) is 31.0 Å². The van der Waals surface area contributed by atoms with Gasteiger partial charge < -0.3 is 14.6 Å². The van der Waals surface area contributed by atoms with Crippen molar-refractivity contribution in [2.75, 3.05) is 20.3 Å². The van der Waals surface area contributed by atoms with Crippen LogP contribution in [0.3, 0.4) is 0 Å². The number of aliphatic hydroxyl groups excluding tert-OH is 1. The second-order valence-electron chi connectivity index (χ2n) is 5.15. The van der Waals surface area contributed by atoms with Gasteiger partial charge in [-0.1, -0.05) is 19.9 Å². The van der Waals surface area contributed by atoms with Crippen molar-refractivity contribution in [1.82, 2.24) is 0 Å². The Labute approximate surface area is 103 Å². The first-order valence-corrected chi connectivity index (χ1v) is 5.79. The number of methoxy groups -OCH3 is 1. The molecule has 0 radical (unpaired) electrons. The predicted octanol–water partition coefficient (Wildman–Crippen LogP) is 2.71. The van der Waals surface area contributed by atoms with Gasteiger partial charge in [0.2, 0.25) is 0 Å². The van der Waals surface area contributed by atoms with E-state index in [1.54, 1.807) is 7.11 Å². The minimum Gasteiger partial charge on any atom is -0.493 e. The third-order valence-electron chi connectivity index (χ3n) is 2.89. The Hall–Kier alpha value is -1.22. The van der Waals surface area contributed by atoms with E-state index in [4.69, 9.17) is 9.47 Å². The maximum Gasteiger partial charge on any atom is 0.163 e. The van der Waals surface area contributed by atoms with Crippen LogP contribution in [0.1, 0.15) is 25.0 Å². The van der Waals surface area contributed by atoms with Gasteiger partial charge in [-0.25, -0.2) is 0 Å². The highest BCUT2D eigenvalue weighted by atomic mass is 16.5. The molecule has 0 saturated carbocycles. The number of ether oxygens (including phenoxy) is 2. The molecule has 0 aromatic heterocycles. The molecule has 0 aliphatic heterocycles. The first-order valence-electron chi connectivity index (χ1n) is 5.79. The Morgan fingerprint density at radius 2 is 1.88 bits per heavy atom. The van der Waals surface area contributed by atoms with E-state index in [0.717, 1.165) is 17.1 Å². The largest absolute Gasteiger partial charge is 0.493 e. The fourth-order valence-corrected chi connectivity index (χ4v) is 1.45. The Kier molecular flexibility index (Phi) is 4.40. The molecule has 1 aromatic rings. The minimum absolute atomic E-state index is 0.0974. The van der Waals surface area contributed by atoms with Crippen molar-refractivity contribution in [2.45, 2.75) is 27.7 Å².